The van der Waals surface area contributed by atoms with Crippen molar-refractivity contribution in [2.75, 3.05) is 0 Å². The van der Waals surface area contributed by atoms with Crippen LogP contribution in [0.4, 0.5) is 0 Å². The Morgan fingerprint density at radius 2 is 2.40 bits per heavy atom. The molecule has 3 N–H and O–H groups in total. The maximum atomic E-state index is 6.05. The maximum absolute atomic E-state index is 6.05. The standard InChI is InChI=1S/C11H16ClN3/c12-11-7-14-4-3-9(11)6-10(15-13)5-8-1-2-8/h3-4,7-8,10,15H,1-2,5-6,13H2. The molecule has 0 aliphatic heterocycles. The summed E-state index contributed by atoms with van der Waals surface area (Å²) in [6.07, 6.45) is 8.18. The van der Waals surface area contributed by atoms with Crippen LogP contribution in [-0.4, -0.2) is 11.0 Å². The fourth-order valence-electron chi connectivity index (χ4n) is 1.80. The van der Waals surface area contributed by atoms with Crippen LogP contribution >= 0.6 is 11.6 Å². The molecule has 1 aliphatic carbocycles. The lowest BCUT2D eigenvalue weighted by Gasteiger charge is -2.15. The van der Waals surface area contributed by atoms with Gasteiger partial charge in [-0.2, -0.15) is 0 Å². The molecule has 1 aliphatic rings. The molecule has 0 aromatic carbocycles. The fraction of sp³-hybridized carbons (Fsp3) is 0.545. The van der Waals surface area contributed by atoms with Crippen LogP contribution in [0.1, 0.15) is 24.8 Å². The molecular formula is C11H16ClN3. The van der Waals surface area contributed by atoms with Gasteiger partial charge < -0.3 is 0 Å². The van der Waals surface area contributed by atoms with Crippen molar-refractivity contribution in [3.8, 4) is 0 Å². The number of hydrazine groups is 1. The smallest absolute Gasteiger partial charge is 0.0621 e. The Balaban J connectivity index is 1.95. The van der Waals surface area contributed by atoms with E-state index in [0.29, 0.717) is 6.04 Å². The van der Waals surface area contributed by atoms with E-state index in [2.05, 4.69) is 10.4 Å². The Bertz CT molecular complexity index is 325. The molecular weight excluding hydrogens is 210 g/mol. The van der Waals surface area contributed by atoms with Gasteiger partial charge in [-0.25, -0.2) is 0 Å². The number of rotatable bonds is 5. The summed E-state index contributed by atoms with van der Waals surface area (Å²) in [5.74, 6) is 6.41. The van der Waals surface area contributed by atoms with E-state index in [-0.39, 0.29) is 0 Å². The molecule has 0 amide bonds. The Morgan fingerprint density at radius 3 is 3.00 bits per heavy atom. The first kappa shape index (κ1) is 10.9. The molecule has 1 saturated carbocycles. The van der Waals surface area contributed by atoms with E-state index in [1.165, 1.54) is 12.8 Å². The van der Waals surface area contributed by atoms with Crippen molar-refractivity contribution in [3.63, 3.8) is 0 Å². The molecule has 1 aromatic heterocycles. The van der Waals surface area contributed by atoms with Crippen LogP contribution in [0.2, 0.25) is 5.02 Å². The third-order valence-corrected chi connectivity index (χ3v) is 3.21. The molecule has 4 heteroatoms. The SMILES string of the molecule is NNC(Cc1ccncc1Cl)CC1CC1. The second kappa shape index (κ2) is 4.92. The summed E-state index contributed by atoms with van der Waals surface area (Å²) in [4.78, 5) is 3.97. The average molecular weight is 226 g/mol. The number of nitrogens with two attached hydrogens (primary N) is 1. The molecule has 0 radical (unpaired) electrons. The molecule has 1 heterocycles. The molecule has 1 unspecified atom stereocenters. The van der Waals surface area contributed by atoms with Crippen LogP contribution in [0.3, 0.4) is 0 Å². The van der Waals surface area contributed by atoms with Gasteiger partial charge in [0.05, 0.1) is 5.02 Å². The number of hydrogen-bond acceptors (Lipinski definition) is 3. The number of hydrogen-bond donors (Lipinski definition) is 2. The summed E-state index contributed by atoms with van der Waals surface area (Å²) in [6, 6.07) is 2.29. The van der Waals surface area contributed by atoms with Gasteiger partial charge in [-0.15, -0.1) is 0 Å². The quantitative estimate of drug-likeness (QED) is 0.595. The molecule has 1 aromatic rings. The Hall–Kier alpha value is -0.640. The topological polar surface area (TPSA) is 50.9 Å². The van der Waals surface area contributed by atoms with Gasteiger partial charge in [-0.1, -0.05) is 24.4 Å². The van der Waals surface area contributed by atoms with Crippen molar-refractivity contribution in [2.45, 2.75) is 31.7 Å². The fourth-order valence-corrected chi connectivity index (χ4v) is 2.00. The molecule has 1 fully saturated rings. The lowest BCUT2D eigenvalue weighted by atomic mass is 10.0. The first-order valence-corrected chi connectivity index (χ1v) is 5.72. The number of nitrogens with one attached hydrogen (secondary N) is 1. The Kier molecular flexibility index (Phi) is 3.57. The largest absolute Gasteiger partial charge is 0.271 e. The minimum atomic E-state index is 0.331. The zero-order valence-electron chi connectivity index (χ0n) is 8.62. The van der Waals surface area contributed by atoms with Crippen molar-refractivity contribution in [2.24, 2.45) is 11.8 Å². The number of pyridine rings is 1. The summed E-state index contributed by atoms with van der Waals surface area (Å²) in [5.41, 5.74) is 3.99. The highest BCUT2D eigenvalue weighted by Crippen LogP contribution is 2.34. The third-order valence-electron chi connectivity index (χ3n) is 2.87. The number of nitrogens with zero attached hydrogens (tertiary/aromatic N) is 1. The predicted octanol–water partition coefficient (Wildman–Crippen LogP) is 1.91. The monoisotopic (exact) mass is 225 g/mol. The molecule has 2 rings (SSSR count). The molecule has 15 heavy (non-hydrogen) atoms. The summed E-state index contributed by atoms with van der Waals surface area (Å²) in [5, 5.41) is 0.730. The second-order valence-electron chi connectivity index (χ2n) is 4.21. The molecule has 3 nitrogen and oxygen atoms in total. The van der Waals surface area contributed by atoms with Gasteiger partial charge >= 0.3 is 0 Å². The van der Waals surface area contributed by atoms with E-state index < -0.39 is 0 Å². The van der Waals surface area contributed by atoms with E-state index in [0.717, 1.165) is 29.3 Å². The first-order chi connectivity index (χ1) is 7.29. The van der Waals surface area contributed by atoms with Gasteiger partial charge in [0.2, 0.25) is 0 Å². The lowest BCUT2D eigenvalue weighted by molar-refractivity contribution is 0.466. The summed E-state index contributed by atoms with van der Waals surface area (Å²) in [6.45, 7) is 0. The Labute approximate surface area is 95.0 Å². The van der Waals surface area contributed by atoms with Crippen LogP contribution in [0.25, 0.3) is 0 Å². The van der Waals surface area contributed by atoms with Crippen LogP contribution in [0.15, 0.2) is 18.5 Å². The van der Waals surface area contributed by atoms with Crippen LogP contribution in [0.5, 0.6) is 0 Å². The van der Waals surface area contributed by atoms with E-state index >= 15 is 0 Å². The van der Waals surface area contributed by atoms with E-state index in [4.69, 9.17) is 17.4 Å². The normalized spacial score (nSPS) is 17.7. The van der Waals surface area contributed by atoms with Crippen LogP contribution in [-0.2, 0) is 6.42 Å². The van der Waals surface area contributed by atoms with E-state index in [9.17, 15) is 0 Å². The third kappa shape index (κ3) is 3.16. The first-order valence-electron chi connectivity index (χ1n) is 5.34. The van der Waals surface area contributed by atoms with Gasteiger partial charge in [-0.3, -0.25) is 16.3 Å². The Morgan fingerprint density at radius 1 is 1.60 bits per heavy atom. The summed E-state index contributed by atoms with van der Waals surface area (Å²) >= 11 is 6.05. The minimum Gasteiger partial charge on any atom is -0.271 e. The zero-order valence-corrected chi connectivity index (χ0v) is 9.37. The minimum absolute atomic E-state index is 0.331. The molecule has 1 atom stereocenters. The second-order valence-corrected chi connectivity index (χ2v) is 4.62. The van der Waals surface area contributed by atoms with Gasteiger partial charge in [0, 0.05) is 18.4 Å². The summed E-state index contributed by atoms with van der Waals surface area (Å²) in [7, 11) is 0. The van der Waals surface area contributed by atoms with Crippen molar-refractivity contribution in [1.82, 2.24) is 10.4 Å². The van der Waals surface area contributed by atoms with Crippen molar-refractivity contribution >= 4 is 11.6 Å². The summed E-state index contributed by atoms with van der Waals surface area (Å²) < 4.78 is 0. The number of aromatic nitrogens is 1. The van der Waals surface area contributed by atoms with Gasteiger partial charge in [0.15, 0.2) is 0 Å². The van der Waals surface area contributed by atoms with E-state index in [1.807, 2.05) is 6.07 Å². The van der Waals surface area contributed by atoms with Crippen molar-refractivity contribution in [3.05, 3.63) is 29.0 Å². The highest BCUT2D eigenvalue weighted by Gasteiger charge is 2.25. The predicted molar refractivity (Wildman–Crippen MR) is 61.4 cm³/mol. The van der Waals surface area contributed by atoms with Gasteiger partial charge in [0.1, 0.15) is 0 Å². The van der Waals surface area contributed by atoms with Crippen molar-refractivity contribution in [1.29, 1.82) is 0 Å². The van der Waals surface area contributed by atoms with Crippen LogP contribution in [0, 0.1) is 5.92 Å². The molecule has 0 spiro atoms. The number of halogens is 1. The molecule has 0 saturated heterocycles. The van der Waals surface area contributed by atoms with E-state index in [1.54, 1.807) is 12.4 Å². The molecule has 0 bridgehead atoms. The average Bonchev–Trinajstić information content (AvgIpc) is 3.04. The van der Waals surface area contributed by atoms with Gasteiger partial charge in [-0.05, 0) is 30.4 Å². The molecule has 82 valence electrons. The lowest BCUT2D eigenvalue weighted by Crippen LogP contribution is -2.37. The van der Waals surface area contributed by atoms with Gasteiger partial charge in [0.25, 0.3) is 0 Å². The highest BCUT2D eigenvalue weighted by molar-refractivity contribution is 6.31. The highest BCUT2D eigenvalue weighted by atomic mass is 35.5. The maximum Gasteiger partial charge on any atom is 0.0621 e. The zero-order chi connectivity index (χ0) is 10.7. The van der Waals surface area contributed by atoms with Crippen LogP contribution < -0.4 is 11.3 Å². The van der Waals surface area contributed by atoms with Crippen molar-refractivity contribution < 1.29 is 0 Å².